The number of carbonyl (C=O) groups is 1. The van der Waals surface area contributed by atoms with Gasteiger partial charge in [0, 0.05) is 12.8 Å². The van der Waals surface area contributed by atoms with E-state index in [1.807, 2.05) is 6.92 Å². The Labute approximate surface area is 85.3 Å². The van der Waals surface area contributed by atoms with E-state index in [2.05, 4.69) is 12.7 Å². The Kier molecular flexibility index (Phi) is 3.64. The molecule has 1 aliphatic rings. The number of hydrogen-bond donors (Lipinski definition) is 1. The first-order valence-electron chi connectivity index (χ1n) is 5.08. The van der Waals surface area contributed by atoms with Gasteiger partial charge in [0.1, 0.15) is 6.29 Å². The molecular weight excluding hydrogens is 176 g/mol. The third-order valence-corrected chi connectivity index (χ3v) is 2.66. The number of carbonyl (C=O) groups excluding carboxylic acids is 1. The monoisotopic (exact) mass is 194 g/mol. The SMILES string of the molecule is C=C(CCC=O)C1=CCCC(C)(O)C1. The summed E-state index contributed by atoms with van der Waals surface area (Å²) in [7, 11) is 0. The average Bonchev–Trinajstić information content (AvgIpc) is 2.12. The molecule has 2 nitrogen and oxygen atoms in total. The Hall–Kier alpha value is -0.890. The Morgan fingerprint density at radius 2 is 2.50 bits per heavy atom. The van der Waals surface area contributed by atoms with Gasteiger partial charge in [0.15, 0.2) is 0 Å². The highest BCUT2D eigenvalue weighted by Gasteiger charge is 2.25. The Morgan fingerprint density at radius 1 is 1.79 bits per heavy atom. The summed E-state index contributed by atoms with van der Waals surface area (Å²) in [6.45, 7) is 5.80. The van der Waals surface area contributed by atoms with E-state index in [4.69, 9.17) is 0 Å². The van der Waals surface area contributed by atoms with E-state index in [1.165, 1.54) is 0 Å². The van der Waals surface area contributed by atoms with Gasteiger partial charge in [0.05, 0.1) is 5.60 Å². The van der Waals surface area contributed by atoms with Crippen molar-refractivity contribution in [2.45, 2.75) is 44.6 Å². The van der Waals surface area contributed by atoms with Crippen LogP contribution in [0.5, 0.6) is 0 Å². The second-order valence-electron chi connectivity index (χ2n) is 4.25. The highest BCUT2D eigenvalue weighted by Crippen LogP contribution is 2.32. The van der Waals surface area contributed by atoms with Crippen LogP contribution in [0.15, 0.2) is 23.8 Å². The first-order valence-corrected chi connectivity index (χ1v) is 5.08. The molecule has 0 aromatic rings. The summed E-state index contributed by atoms with van der Waals surface area (Å²) in [4.78, 5) is 10.2. The highest BCUT2D eigenvalue weighted by atomic mass is 16.3. The molecule has 1 rings (SSSR count). The lowest BCUT2D eigenvalue weighted by Crippen LogP contribution is -2.27. The topological polar surface area (TPSA) is 37.3 Å². The van der Waals surface area contributed by atoms with Gasteiger partial charge < -0.3 is 9.90 Å². The van der Waals surface area contributed by atoms with Crippen LogP contribution in [0.25, 0.3) is 0 Å². The zero-order valence-electron chi connectivity index (χ0n) is 8.75. The summed E-state index contributed by atoms with van der Waals surface area (Å²) in [5, 5.41) is 9.87. The van der Waals surface area contributed by atoms with Crippen molar-refractivity contribution in [2.75, 3.05) is 0 Å². The number of rotatable bonds is 4. The fraction of sp³-hybridized carbons (Fsp3) is 0.583. The summed E-state index contributed by atoms with van der Waals surface area (Å²) in [6.07, 6.45) is 6.67. The predicted octanol–water partition coefficient (Wildman–Crippen LogP) is 2.38. The summed E-state index contributed by atoms with van der Waals surface area (Å²) in [6, 6.07) is 0. The Bertz CT molecular complexity index is 261. The molecule has 1 aliphatic carbocycles. The van der Waals surface area contributed by atoms with Crippen molar-refractivity contribution >= 4 is 6.29 Å². The second-order valence-corrected chi connectivity index (χ2v) is 4.25. The molecule has 2 heteroatoms. The molecule has 0 fully saturated rings. The van der Waals surface area contributed by atoms with Crippen molar-refractivity contribution < 1.29 is 9.90 Å². The smallest absolute Gasteiger partial charge is 0.120 e. The fourth-order valence-electron chi connectivity index (χ4n) is 1.79. The van der Waals surface area contributed by atoms with Crippen LogP contribution in [0, 0.1) is 0 Å². The van der Waals surface area contributed by atoms with Crippen LogP contribution in [0.4, 0.5) is 0 Å². The molecule has 0 bridgehead atoms. The third-order valence-electron chi connectivity index (χ3n) is 2.66. The van der Waals surface area contributed by atoms with E-state index in [0.717, 1.165) is 30.3 Å². The molecule has 0 saturated heterocycles. The molecule has 0 heterocycles. The maximum atomic E-state index is 10.2. The van der Waals surface area contributed by atoms with Gasteiger partial charge in [0.2, 0.25) is 0 Å². The van der Waals surface area contributed by atoms with Crippen LogP contribution in [0.3, 0.4) is 0 Å². The summed E-state index contributed by atoms with van der Waals surface area (Å²) < 4.78 is 0. The van der Waals surface area contributed by atoms with Crippen molar-refractivity contribution in [3.8, 4) is 0 Å². The van der Waals surface area contributed by atoms with Gasteiger partial charge in [-0.2, -0.15) is 0 Å². The van der Waals surface area contributed by atoms with Crippen LogP contribution in [0.1, 0.15) is 39.0 Å². The number of hydrogen-bond acceptors (Lipinski definition) is 2. The molecule has 1 N–H and O–H groups in total. The van der Waals surface area contributed by atoms with Crippen LogP contribution in [0.2, 0.25) is 0 Å². The minimum atomic E-state index is -0.589. The molecule has 0 spiro atoms. The van der Waals surface area contributed by atoms with Crippen molar-refractivity contribution in [1.29, 1.82) is 0 Å². The van der Waals surface area contributed by atoms with Gasteiger partial charge in [-0.3, -0.25) is 0 Å². The van der Waals surface area contributed by atoms with E-state index < -0.39 is 5.60 Å². The third kappa shape index (κ3) is 3.11. The predicted molar refractivity (Wildman–Crippen MR) is 57.0 cm³/mol. The normalized spacial score (nSPS) is 26.9. The Balaban J connectivity index is 2.55. The van der Waals surface area contributed by atoms with Gasteiger partial charge >= 0.3 is 0 Å². The Morgan fingerprint density at radius 3 is 3.07 bits per heavy atom. The standard InChI is InChI=1S/C12H18O2/c1-10(5-4-8-13)11-6-3-7-12(2,14)9-11/h6,8,14H,1,3-5,7,9H2,2H3. The molecule has 1 unspecified atom stereocenters. The maximum absolute atomic E-state index is 10.2. The average molecular weight is 194 g/mol. The molecule has 0 aromatic heterocycles. The van der Waals surface area contributed by atoms with E-state index in [-0.39, 0.29) is 0 Å². The minimum absolute atomic E-state index is 0.526. The lowest BCUT2D eigenvalue weighted by Gasteiger charge is -2.29. The molecule has 78 valence electrons. The summed E-state index contributed by atoms with van der Waals surface area (Å²) in [5.74, 6) is 0. The lowest BCUT2D eigenvalue weighted by atomic mass is 9.82. The molecule has 14 heavy (non-hydrogen) atoms. The fourth-order valence-corrected chi connectivity index (χ4v) is 1.79. The van der Waals surface area contributed by atoms with Crippen LogP contribution in [-0.2, 0) is 4.79 Å². The first-order chi connectivity index (χ1) is 6.55. The zero-order chi connectivity index (χ0) is 10.6. The maximum Gasteiger partial charge on any atom is 0.120 e. The number of allylic oxidation sites excluding steroid dienone is 2. The van der Waals surface area contributed by atoms with E-state index in [0.29, 0.717) is 19.3 Å². The largest absolute Gasteiger partial charge is 0.390 e. The quantitative estimate of drug-likeness (QED) is 0.698. The second kappa shape index (κ2) is 4.56. The highest BCUT2D eigenvalue weighted by molar-refractivity contribution is 5.50. The van der Waals surface area contributed by atoms with Crippen molar-refractivity contribution in [3.05, 3.63) is 23.8 Å². The lowest BCUT2D eigenvalue weighted by molar-refractivity contribution is -0.107. The van der Waals surface area contributed by atoms with Crippen LogP contribution in [-0.4, -0.2) is 17.0 Å². The van der Waals surface area contributed by atoms with Gasteiger partial charge in [-0.25, -0.2) is 0 Å². The van der Waals surface area contributed by atoms with Crippen LogP contribution < -0.4 is 0 Å². The van der Waals surface area contributed by atoms with Gasteiger partial charge in [-0.1, -0.05) is 18.2 Å². The summed E-state index contributed by atoms with van der Waals surface area (Å²) >= 11 is 0. The van der Waals surface area contributed by atoms with Crippen molar-refractivity contribution in [1.82, 2.24) is 0 Å². The zero-order valence-corrected chi connectivity index (χ0v) is 8.75. The molecule has 0 aliphatic heterocycles. The molecular formula is C12H18O2. The summed E-state index contributed by atoms with van der Waals surface area (Å²) in [5.41, 5.74) is 1.54. The molecule has 0 radical (unpaired) electrons. The van der Waals surface area contributed by atoms with Crippen molar-refractivity contribution in [2.24, 2.45) is 0 Å². The number of aldehydes is 1. The van der Waals surface area contributed by atoms with Gasteiger partial charge in [0.25, 0.3) is 0 Å². The molecule has 0 saturated carbocycles. The molecule has 1 atom stereocenters. The molecule has 0 aromatic carbocycles. The van der Waals surface area contributed by atoms with E-state index in [9.17, 15) is 9.90 Å². The van der Waals surface area contributed by atoms with Gasteiger partial charge in [-0.15, -0.1) is 0 Å². The molecule has 0 amide bonds. The number of aliphatic hydroxyl groups is 1. The first kappa shape index (κ1) is 11.2. The van der Waals surface area contributed by atoms with Gasteiger partial charge in [-0.05, 0) is 31.8 Å². The van der Waals surface area contributed by atoms with E-state index >= 15 is 0 Å². The van der Waals surface area contributed by atoms with Crippen molar-refractivity contribution in [3.63, 3.8) is 0 Å². The minimum Gasteiger partial charge on any atom is -0.390 e. The van der Waals surface area contributed by atoms with Crippen LogP contribution >= 0.6 is 0 Å². The van der Waals surface area contributed by atoms with E-state index in [1.54, 1.807) is 0 Å².